The maximum atomic E-state index is 12.6. The Morgan fingerprint density at radius 1 is 1.08 bits per heavy atom. The Kier molecular flexibility index (Phi) is 4.88. The molecule has 2 amide bonds. The number of nitrogens with zero attached hydrogens (tertiary/aromatic N) is 1. The zero-order valence-corrected chi connectivity index (χ0v) is 14.2. The number of rotatable bonds is 4. The molecule has 130 valence electrons. The monoisotopic (exact) mass is 340 g/mol. The van der Waals surface area contributed by atoms with Crippen LogP contribution in [0.3, 0.4) is 0 Å². The van der Waals surface area contributed by atoms with Crippen LogP contribution in [-0.4, -0.2) is 37.0 Å². The minimum absolute atomic E-state index is 0.0343. The van der Waals surface area contributed by atoms with Crippen molar-refractivity contribution in [1.82, 2.24) is 4.90 Å². The summed E-state index contributed by atoms with van der Waals surface area (Å²) in [6, 6.07) is 12.5. The molecule has 1 N–H and O–H groups in total. The number of benzene rings is 2. The maximum Gasteiger partial charge on any atom is 0.255 e. The van der Waals surface area contributed by atoms with E-state index in [4.69, 9.17) is 9.47 Å². The summed E-state index contributed by atoms with van der Waals surface area (Å²) in [6.07, 6.45) is 0. The van der Waals surface area contributed by atoms with Gasteiger partial charge in [0.2, 0.25) is 5.91 Å². The Hall–Kier alpha value is -3.02. The first-order chi connectivity index (χ1) is 12.0. The molecule has 0 radical (unpaired) electrons. The van der Waals surface area contributed by atoms with Crippen molar-refractivity contribution in [3.63, 3.8) is 0 Å². The maximum absolute atomic E-state index is 12.6. The lowest BCUT2D eigenvalue weighted by molar-refractivity contribution is -0.128. The number of carbonyl (C=O) groups excluding carboxylic acids is 2. The van der Waals surface area contributed by atoms with Gasteiger partial charge in [0.25, 0.3) is 5.91 Å². The summed E-state index contributed by atoms with van der Waals surface area (Å²) in [7, 11) is 1.72. The molecule has 0 aliphatic carbocycles. The normalized spacial score (nSPS) is 12.4. The molecule has 2 aromatic rings. The first-order valence-electron chi connectivity index (χ1n) is 8.05. The molecule has 0 bridgehead atoms. The number of amides is 2. The molecule has 2 aromatic carbocycles. The number of ether oxygens (including phenoxy) is 2. The third kappa shape index (κ3) is 3.91. The third-order valence-corrected chi connectivity index (χ3v) is 4.02. The van der Waals surface area contributed by atoms with Crippen LogP contribution >= 0.6 is 0 Å². The lowest BCUT2D eigenvalue weighted by Gasteiger charge is -2.19. The summed E-state index contributed by atoms with van der Waals surface area (Å²) >= 11 is 0. The molecule has 0 unspecified atom stereocenters. The molecule has 25 heavy (non-hydrogen) atoms. The number of carbonyl (C=O) groups is 2. The average Bonchev–Trinajstić information content (AvgIpc) is 2.62. The molecule has 0 saturated carbocycles. The predicted octanol–water partition coefficient (Wildman–Crippen LogP) is 2.69. The van der Waals surface area contributed by atoms with Crippen LogP contribution in [0.1, 0.15) is 22.8 Å². The van der Waals surface area contributed by atoms with Crippen LogP contribution in [0.5, 0.6) is 11.5 Å². The minimum atomic E-state index is -0.241. The number of hydrogen-bond acceptors (Lipinski definition) is 4. The standard InChI is InChI=1S/C19H20N2O4/c1-13(22)21(2)12-15-5-3-4-6-16(15)20-19(23)14-7-8-17-18(11-14)25-10-9-24-17/h3-8,11H,9-10,12H2,1-2H3,(H,20,23). The van der Waals surface area contributed by atoms with E-state index in [-0.39, 0.29) is 11.8 Å². The summed E-state index contributed by atoms with van der Waals surface area (Å²) in [5, 5.41) is 2.90. The van der Waals surface area contributed by atoms with Crippen LogP contribution in [0, 0.1) is 0 Å². The van der Waals surface area contributed by atoms with Gasteiger partial charge in [0.1, 0.15) is 13.2 Å². The van der Waals surface area contributed by atoms with Crippen LogP contribution in [-0.2, 0) is 11.3 Å². The quantitative estimate of drug-likeness (QED) is 0.929. The lowest BCUT2D eigenvalue weighted by Crippen LogP contribution is -2.24. The molecular formula is C19H20N2O4. The topological polar surface area (TPSA) is 67.9 Å². The van der Waals surface area contributed by atoms with E-state index in [2.05, 4.69) is 5.32 Å². The summed E-state index contributed by atoms with van der Waals surface area (Å²) in [4.78, 5) is 25.6. The van der Waals surface area contributed by atoms with E-state index in [9.17, 15) is 9.59 Å². The molecule has 1 heterocycles. The fraction of sp³-hybridized carbons (Fsp3) is 0.263. The smallest absolute Gasteiger partial charge is 0.255 e. The van der Waals surface area contributed by atoms with Gasteiger partial charge < -0.3 is 19.7 Å². The molecule has 0 atom stereocenters. The number of hydrogen-bond donors (Lipinski definition) is 1. The predicted molar refractivity (Wildman–Crippen MR) is 94.0 cm³/mol. The number of para-hydroxylation sites is 1. The fourth-order valence-corrected chi connectivity index (χ4v) is 2.53. The largest absolute Gasteiger partial charge is 0.486 e. The Labute approximate surface area is 146 Å². The fourth-order valence-electron chi connectivity index (χ4n) is 2.53. The van der Waals surface area contributed by atoms with Gasteiger partial charge in [-0.2, -0.15) is 0 Å². The number of fused-ring (bicyclic) bond motifs is 1. The zero-order valence-electron chi connectivity index (χ0n) is 14.2. The Balaban J connectivity index is 1.78. The van der Waals surface area contributed by atoms with E-state index < -0.39 is 0 Å². The Bertz CT molecular complexity index is 804. The Morgan fingerprint density at radius 3 is 2.56 bits per heavy atom. The van der Waals surface area contributed by atoms with E-state index in [0.29, 0.717) is 42.5 Å². The van der Waals surface area contributed by atoms with Crippen LogP contribution < -0.4 is 14.8 Å². The molecule has 6 nitrogen and oxygen atoms in total. The van der Waals surface area contributed by atoms with Crippen molar-refractivity contribution in [3.05, 3.63) is 53.6 Å². The van der Waals surface area contributed by atoms with Crippen LogP contribution in [0.15, 0.2) is 42.5 Å². The minimum Gasteiger partial charge on any atom is -0.486 e. The van der Waals surface area contributed by atoms with E-state index >= 15 is 0 Å². The van der Waals surface area contributed by atoms with Gasteiger partial charge in [0, 0.05) is 31.8 Å². The van der Waals surface area contributed by atoms with E-state index in [0.717, 1.165) is 5.56 Å². The van der Waals surface area contributed by atoms with Crippen LogP contribution in [0.2, 0.25) is 0 Å². The molecule has 0 fully saturated rings. The molecule has 0 saturated heterocycles. The van der Waals surface area contributed by atoms with Gasteiger partial charge in [-0.05, 0) is 29.8 Å². The second kappa shape index (κ2) is 7.25. The zero-order chi connectivity index (χ0) is 17.8. The van der Waals surface area contributed by atoms with Crippen molar-refractivity contribution in [1.29, 1.82) is 0 Å². The second-order valence-corrected chi connectivity index (χ2v) is 5.84. The highest BCUT2D eigenvalue weighted by Gasteiger charge is 2.16. The number of anilines is 1. The van der Waals surface area contributed by atoms with Gasteiger partial charge in [-0.15, -0.1) is 0 Å². The van der Waals surface area contributed by atoms with Crippen LogP contribution in [0.4, 0.5) is 5.69 Å². The lowest BCUT2D eigenvalue weighted by atomic mass is 10.1. The van der Waals surface area contributed by atoms with Crippen molar-refractivity contribution in [2.45, 2.75) is 13.5 Å². The third-order valence-electron chi connectivity index (χ3n) is 4.02. The first kappa shape index (κ1) is 16.8. The van der Waals surface area contributed by atoms with Gasteiger partial charge in [-0.3, -0.25) is 9.59 Å². The van der Waals surface area contributed by atoms with E-state index in [1.54, 1.807) is 30.1 Å². The summed E-state index contributed by atoms with van der Waals surface area (Å²) < 4.78 is 11.0. The summed E-state index contributed by atoms with van der Waals surface area (Å²) in [5.41, 5.74) is 2.03. The summed E-state index contributed by atoms with van der Waals surface area (Å²) in [6.45, 7) is 2.91. The van der Waals surface area contributed by atoms with Gasteiger partial charge in [-0.25, -0.2) is 0 Å². The molecule has 6 heteroatoms. The van der Waals surface area contributed by atoms with Crippen molar-refractivity contribution in [2.24, 2.45) is 0 Å². The SMILES string of the molecule is CC(=O)N(C)Cc1ccccc1NC(=O)c1ccc2c(c1)OCCO2. The average molecular weight is 340 g/mol. The highest BCUT2D eigenvalue weighted by molar-refractivity contribution is 6.05. The van der Waals surface area contributed by atoms with Crippen LogP contribution in [0.25, 0.3) is 0 Å². The van der Waals surface area contributed by atoms with Crippen molar-refractivity contribution >= 4 is 17.5 Å². The second-order valence-electron chi connectivity index (χ2n) is 5.84. The molecule has 0 aromatic heterocycles. The molecule has 1 aliphatic rings. The highest BCUT2D eigenvalue weighted by atomic mass is 16.6. The first-order valence-corrected chi connectivity index (χ1v) is 8.05. The van der Waals surface area contributed by atoms with Crippen molar-refractivity contribution < 1.29 is 19.1 Å². The van der Waals surface area contributed by atoms with Crippen molar-refractivity contribution in [3.8, 4) is 11.5 Å². The van der Waals surface area contributed by atoms with Gasteiger partial charge in [0.15, 0.2) is 11.5 Å². The van der Waals surface area contributed by atoms with E-state index in [1.807, 2.05) is 24.3 Å². The summed E-state index contributed by atoms with van der Waals surface area (Å²) in [5.74, 6) is 0.942. The molecule has 3 rings (SSSR count). The highest BCUT2D eigenvalue weighted by Crippen LogP contribution is 2.31. The molecule has 1 aliphatic heterocycles. The van der Waals surface area contributed by atoms with Crippen molar-refractivity contribution in [2.75, 3.05) is 25.6 Å². The number of nitrogens with one attached hydrogen (secondary N) is 1. The molecule has 0 spiro atoms. The van der Waals surface area contributed by atoms with Gasteiger partial charge in [-0.1, -0.05) is 18.2 Å². The van der Waals surface area contributed by atoms with E-state index in [1.165, 1.54) is 6.92 Å². The van der Waals surface area contributed by atoms with Gasteiger partial charge >= 0.3 is 0 Å². The Morgan fingerprint density at radius 2 is 1.80 bits per heavy atom. The molecular weight excluding hydrogens is 320 g/mol. The van der Waals surface area contributed by atoms with Gasteiger partial charge in [0.05, 0.1) is 0 Å².